The van der Waals surface area contributed by atoms with Crippen LogP contribution in [0.4, 0.5) is 5.69 Å². The van der Waals surface area contributed by atoms with Gasteiger partial charge in [-0.25, -0.2) is 0 Å². The minimum atomic E-state index is 0.590. The van der Waals surface area contributed by atoms with Crippen LogP contribution in [0.15, 0.2) is 24.3 Å². The van der Waals surface area contributed by atoms with Crippen LogP contribution in [0, 0.1) is 5.92 Å². The molecule has 3 rings (SSSR count). The lowest BCUT2D eigenvalue weighted by Gasteiger charge is -2.42. The normalized spacial score (nSPS) is 29.2. The molecular weight excluding hydrogens is 260 g/mol. The van der Waals surface area contributed by atoms with Crippen molar-refractivity contribution < 1.29 is 4.74 Å². The SMILES string of the molecule is CCNC1CCOCC1CN1c2ccccc2CCC1C. The minimum Gasteiger partial charge on any atom is -0.381 e. The van der Waals surface area contributed by atoms with Crippen LogP contribution in [0.25, 0.3) is 0 Å². The summed E-state index contributed by atoms with van der Waals surface area (Å²) in [7, 11) is 0. The molecule has 0 aromatic heterocycles. The summed E-state index contributed by atoms with van der Waals surface area (Å²) in [6.07, 6.45) is 3.62. The molecule has 21 heavy (non-hydrogen) atoms. The van der Waals surface area contributed by atoms with Gasteiger partial charge in [-0.3, -0.25) is 0 Å². The maximum atomic E-state index is 5.76. The molecule has 1 aromatic rings. The van der Waals surface area contributed by atoms with Gasteiger partial charge in [-0.05, 0) is 44.4 Å². The number of hydrogen-bond donors (Lipinski definition) is 1. The lowest BCUT2D eigenvalue weighted by molar-refractivity contribution is 0.0344. The molecule has 3 heteroatoms. The highest BCUT2D eigenvalue weighted by Gasteiger charge is 2.30. The summed E-state index contributed by atoms with van der Waals surface area (Å²) in [4.78, 5) is 2.61. The van der Waals surface area contributed by atoms with E-state index in [0.717, 1.165) is 32.7 Å². The molecule has 2 aliphatic heterocycles. The summed E-state index contributed by atoms with van der Waals surface area (Å²) in [5.74, 6) is 0.590. The van der Waals surface area contributed by atoms with Gasteiger partial charge in [-0.15, -0.1) is 0 Å². The fourth-order valence-electron chi connectivity index (χ4n) is 3.80. The zero-order valence-corrected chi connectivity index (χ0v) is 13.3. The molecule has 1 fully saturated rings. The Morgan fingerprint density at radius 2 is 2.14 bits per heavy atom. The van der Waals surface area contributed by atoms with Crippen molar-refractivity contribution in [2.45, 2.75) is 45.2 Å². The molecule has 2 aliphatic rings. The third kappa shape index (κ3) is 3.24. The van der Waals surface area contributed by atoms with Crippen LogP contribution in [0.2, 0.25) is 0 Å². The number of nitrogens with zero attached hydrogens (tertiary/aromatic N) is 1. The van der Waals surface area contributed by atoms with Crippen molar-refractivity contribution in [1.82, 2.24) is 5.32 Å². The molecule has 2 heterocycles. The molecule has 3 nitrogen and oxygen atoms in total. The van der Waals surface area contributed by atoms with Crippen LogP contribution < -0.4 is 10.2 Å². The van der Waals surface area contributed by atoms with E-state index in [1.54, 1.807) is 0 Å². The van der Waals surface area contributed by atoms with E-state index >= 15 is 0 Å². The molecule has 0 saturated carbocycles. The minimum absolute atomic E-state index is 0.590. The smallest absolute Gasteiger partial charge is 0.0526 e. The Labute approximate surface area is 128 Å². The van der Waals surface area contributed by atoms with Crippen molar-refractivity contribution >= 4 is 5.69 Å². The molecule has 116 valence electrons. The lowest BCUT2D eigenvalue weighted by Crippen LogP contribution is -2.50. The number of ether oxygens (including phenoxy) is 1. The maximum Gasteiger partial charge on any atom is 0.0526 e. The summed E-state index contributed by atoms with van der Waals surface area (Å²) in [5, 5.41) is 3.66. The van der Waals surface area contributed by atoms with Crippen molar-refractivity contribution in [2.75, 3.05) is 31.2 Å². The van der Waals surface area contributed by atoms with E-state index in [-0.39, 0.29) is 0 Å². The molecule has 0 aliphatic carbocycles. The first kappa shape index (κ1) is 14.9. The number of fused-ring (bicyclic) bond motifs is 1. The van der Waals surface area contributed by atoms with Gasteiger partial charge in [0.2, 0.25) is 0 Å². The van der Waals surface area contributed by atoms with Crippen molar-refractivity contribution in [3.05, 3.63) is 29.8 Å². The third-order valence-electron chi connectivity index (χ3n) is 5.04. The first-order valence-electron chi connectivity index (χ1n) is 8.45. The number of aryl methyl sites for hydroxylation is 1. The molecule has 0 spiro atoms. The van der Waals surface area contributed by atoms with Gasteiger partial charge in [0.1, 0.15) is 0 Å². The fourth-order valence-corrected chi connectivity index (χ4v) is 3.80. The Hall–Kier alpha value is -1.06. The number of nitrogens with one attached hydrogen (secondary N) is 1. The molecule has 1 N–H and O–H groups in total. The molecule has 1 saturated heterocycles. The Bertz CT molecular complexity index is 460. The molecule has 0 bridgehead atoms. The average Bonchev–Trinajstić information content (AvgIpc) is 2.52. The second-order valence-electron chi connectivity index (χ2n) is 6.46. The highest BCUT2D eigenvalue weighted by atomic mass is 16.5. The quantitative estimate of drug-likeness (QED) is 0.922. The van der Waals surface area contributed by atoms with Gasteiger partial charge in [0.05, 0.1) is 6.61 Å². The first-order chi connectivity index (χ1) is 10.3. The van der Waals surface area contributed by atoms with Gasteiger partial charge in [-0.1, -0.05) is 25.1 Å². The Morgan fingerprint density at radius 3 is 3.00 bits per heavy atom. The van der Waals surface area contributed by atoms with E-state index < -0.39 is 0 Å². The first-order valence-corrected chi connectivity index (χ1v) is 8.45. The summed E-state index contributed by atoms with van der Waals surface area (Å²) >= 11 is 0. The predicted molar refractivity (Wildman–Crippen MR) is 88.0 cm³/mol. The van der Waals surface area contributed by atoms with Gasteiger partial charge in [0.25, 0.3) is 0 Å². The lowest BCUT2D eigenvalue weighted by atomic mass is 9.91. The molecule has 0 radical (unpaired) electrons. The van der Waals surface area contributed by atoms with Crippen LogP contribution >= 0.6 is 0 Å². The van der Waals surface area contributed by atoms with Crippen LogP contribution in [0.1, 0.15) is 32.3 Å². The van der Waals surface area contributed by atoms with E-state index in [0.29, 0.717) is 18.0 Å². The van der Waals surface area contributed by atoms with Crippen molar-refractivity contribution in [2.24, 2.45) is 5.92 Å². The fraction of sp³-hybridized carbons (Fsp3) is 0.667. The summed E-state index contributed by atoms with van der Waals surface area (Å²) in [5.41, 5.74) is 2.95. The van der Waals surface area contributed by atoms with E-state index in [1.807, 2.05) is 0 Å². The zero-order valence-electron chi connectivity index (χ0n) is 13.3. The van der Waals surface area contributed by atoms with Gasteiger partial charge in [0.15, 0.2) is 0 Å². The van der Waals surface area contributed by atoms with Crippen LogP contribution in [-0.4, -0.2) is 38.4 Å². The van der Waals surface area contributed by atoms with Crippen molar-refractivity contribution in [1.29, 1.82) is 0 Å². The van der Waals surface area contributed by atoms with Crippen LogP contribution in [0.5, 0.6) is 0 Å². The van der Waals surface area contributed by atoms with Crippen molar-refractivity contribution in [3.8, 4) is 0 Å². The van der Waals surface area contributed by atoms with E-state index in [2.05, 4.69) is 48.3 Å². The number of rotatable bonds is 4. The predicted octanol–water partition coefficient (Wildman–Crippen LogP) is 2.84. The molecule has 0 amide bonds. The van der Waals surface area contributed by atoms with E-state index in [9.17, 15) is 0 Å². The monoisotopic (exact) mass is 288 g/mol. The molecular formula is C18H28N2O. The third-order valence-corrected chi connectivity index (χ3v) is 5.04. The average molecular weight is 288 g/mol. The Morgan fingerprint density at radius 1 is 1.29 bits per heavy atom. The van der Waals surface area contributed by atoms with Crippen LogP contribution in [-0.2, 0) is 11.2 Å². The zero-order chi connectivity index (χ0) is 14.7. The molecule has 1 aromatic carbocycles. The standard InChI is InChI=1S/C18H28N2O/c1-3-19-17-10-11-21-13-16(17)12-20-14(2)8-9-15-6-4-5-7-18(15)20/h4-7,14,16-17,19H,3,8-13H2,1-2H3. The topological polar surface area (TPSA) is 24.5 Å². The maximum absolute atomic E-state index is 5.76. The Kier molecular flexibility index (Phi) is 4.81. The summed E-state index contributed by atoms with van der Waals surface area (Å²) in [6.45, 7) is 8.51. The van der Waals surface area contributed by atoms with E-state index in [1.165, 1.54) is 24.1 Å². The van der Waals surface area contributed by atoms with Crippen molar-refractivity contribution in [3.63, 3.8) is 0 Å². The van der Waals surface area contributed by atoms with Gasteiger partial charge < -0.3 is 15.0 Å². The highest BCUT2D eigenvalue weighted by molar-refractivity contribution is 5.56. The second-order valence-corrected chi connectivity index (χ2v) is 6.46. The van der Waals surface area contributed by atoms with Gasteiger partial charge in [-0.2, -0.15) is 0 Å². The summed E-state index contributed by atoms with van der Waals surface area (Å²) < 4.78 is 5.76. The number of anilines is 1. The van der Waals surface area contributed by atoms with E-state index in [4.69, 9.17) is 4.74 Å². The largest absolute Gasteiger partial charge is 0.381 e. The number of hydrogen-bond acceptors (Lipinski definition) is 3. The van der Waals surface area contributed by atoms with Gasteiger partial charge in [0, 0.05) is 36.8 Å². The number of para-hydroxylation sites is 1. The van der Waals surface area contributed by atoms with Gasteiger partial charge >= 0.3 is 0 Å². The van der Waals surface area contributed by atoms with Crippen LogP contribution in [0.3, 0.4) is 0 Å². The second kappa shape index (κ2) is 6.80. The highest BCUT2D eigenvalue weighted by Crippen LogP contribution is 2.32. The summed E-state index contributed by atoms with van der Waals surface area (Å²) in [6, 6.07) is 10.1. The molecule has 3 atom stereocenters. The molecule has 3 unspecified atom stereocenters. The Balaban J connectivity index is 1.76. The number of benzene rings is 1.